The van der Waals surface area contributed by atoms with Crippen molar-refractivity contribution in [2.45, 2.75) is 32.7 Å². The molecule has 0 saturated carbocycles. The number of piperidine rings is 1. The molecule has 20 heavy (non-hydrogen) atoms. The largest absolute Gasteiger partial charge is 0.478 e. The molecule has 0 spiro atoms. The van der Waals surface area contributed by atoms with Crippen molar-refractivity contribution in [1.82, 2.24) is 4.90 Å². The third kappa shape index (κ3) is 3.48. The van der Waals surface area contributed by atoms with Crippen LogP contribution < -0.4 is 0 Å². The van der Waals surface area contributed by atoms with Crippen molar-refractivity contribution >= 4 is 29.3 Å². The smallest absolute Gasteiger partial charge is 0.328 e. The molecule has 1 saturated heterocycles. The minimum atomic E-state index is -0.982. The lowest BCUT2D eigenvalue weighted by atomic mass is 9.95. The first-order chi connectivity index (χ1) is 9.47. The predicted molar refractivity (Wildman–Crippen MR) is 79.9 cm³/mol. The van der Waals surface area contributed by atoms with Gasteiger partial charge in [-0.1, -0.05) is 6.92 Å². The van der Waals surface area contributed by atoms with Gasteiger partial charge in [0.15, 0.2) is 0 Å². The highest BCUT2D eigenvalue weighted by Gasteiger charge is 2.28. The lowest BCUT2D eigenvalue weighted by molar-refractivity contribution is -0.131. The van der Waals surface area contributed by atoms with Crippen LogP contribution in [0, 0.1) is 5.92 Å². The third-order valence-electron chi connectivity index (χ3n) is 3.61. The van der Waals surface area contributed by atoms with E-state index in [4.69, 9.17) is 5.11 Å². The van der Waals surface area contributed by atoms with Gasteiger partial charge in [0.05, 0.1) is 4.88 Å². The molecule has 0 aliphatic carbocycles. The molecule has 2 atom stereocenters. The van der Waals surface area contributed by atoms with Crippen LogP contribution in [0.4, 0.5) is 0 Å². The number of likely N-dealkylation sites (tertiary alicyclic amines) is 1. The molecule has 2 unspecified atom stereocenters. The first-order valence-electron chi connectivity index (χ1n) is 6.79. The highest BCUT2D eigenvalue weighted by Crippen LogP contribution is 2.26. The zero-order chi connectivity index (χ0) is 14.7. The highest BCUT2D eigenvalue weighted by atomic mass is 32.1. The molecule has 1 aromatic heterocycles. The summed E-state index contributed by atoms with van der Waals surface area (Å²) < 4.78 is 0. The second kappa shape index (κ2) is 6.22. The molecular weight excluding hydrogens is 274 g/mol. The number of carboxylic acid groups (broad SMARTS) is 1. The second-order valence-corrected chi connectivity index (χ2v) is 6.48. The molecule has 4 nitrogen and oxygen atoms in total. The number of carboxylic acids is 1. The molecule has 1 aliphatic heterocycles. The van der Waals surface area contributed by atoms with E-state index in [1.165, 1.54) is 23.8 Å². The predicted octanol–water partition coefficient (Wildman–Crippen LogP) is 3.11. The number of carbonyl (C=O) groups is 2. The number of amides is 1. The first kappa shape index (κ1) is 14.8. The maximum absolute atomic E-state index is 12.5. The molecule has 108 valence electrons. The van der Waals surface area contributed by atoms with Crippen LogP contribution in [-0.4, -0.2) is 34.5 Å². The van der Waals surface area contributed by atoms with Gasteiger partial charge in [-0.25, -0.2) is 4.79 Å². The van der Waals surface area contributed by atoms with Gasteiger partial charge in [0, 0.05) is 23.5 Å². The maximum Gasteiger partial charge on any atom is 0.328 e. The van der Waals surface area contributed by atoms with E-state index in [0.29, 0.717) is 10.8 Å². The summed E-state index contributed by atoms with van der Waals surface area (Å²) >= 11 is 1.34. The van der Waals surface area contributed by atoms with E-state index in [-0.39, 0.29) is 11.9 Å². The van der Waals surface area contributed by atoms with E-state index in [9.17, 15) is 9.59 Å². The summed E-state index contributed by atoms with van der Waals surface area (Å²) in [7, 11) is 0. The topological polar surface area (TPSA) is 57.6 Å². The Labute approximate surface area is 122 Å². The number of carbonyl (C=O) groups excluding carboxylic acids is 1. The van der Waals surface area contributed by atoms with Gasteiger partial charge in [0.2, 0.25) is 0 Å². The summed E-state index contributed by atoms with van der Waals surface area (Å²) in [6, 6.07) is 3.84. The Kier molecular flexibility index (Phi) is 4.60. The van der Waals surface area contributed by atoms with Crippen molar-refractivity contribution in [1.29, 1.82) is 0 Å². The highest BCUT2D eigenvalue weighted by molar-refractivity contribution is 7.14. The van der Waals surface area contributed by atoms with E-state index in [1.807, 2.05) is 4.90 Å². The fourth-order valence-corrected chi connectivity index (χ4v) is 3.29. The number of aliphatic carboxylic acids is 1. The fraction of sp³-hybridized carbons (Fsp3) is 0.467. The quantitative estimate of drug-likeness (QED) is 0.871. The molecular formula is C15H19NO3S. The Balaban J connectivity index is 2.11. The zero-order valence-electron chi connectivity index (χ0n) is 11.7. The van der Waals surface area contributed by atoms with Crippen molar-refractivity contribution in [2.75, 3.05) is 6.54 Å². The monoisotopic (exact) mass is 293 g/mol. The Morgan fingerprint density at radius 1 is 1.35 bits per heavy atom. The van der Waals surface area contributed by atoms with Gasteiger partial charge < -0.3 is 10.0 Å². The summed E-state index contributed by atoms with van der Waals surface area (Å²) in [4.78, 5) is 26.4. The summed E-state index contributed by atoms with van der Waals surface area (Å²) in [5, 5.41) is 8.60. The van der Waals surface area contributed by atoms with Gasteiger partial charge >= 0.3 is 5.97 Å². The normalized spacial score (nSPS) is 23.2. The molecule has 1 fully saturated rings. The summed E-state index contributed by atoms with van der Waals surface area (Å²) in [5.74, 6) is -0.379. The number of rotatable bonds is 3. The molecule has 0 radical (unpaired) electrons. The molecule has 1 aliphatic rings. The van der Waals surface area contributed by atoms with E-state index in [2.05, 4.69) is 13.8 Å². The fourth-order valence-electron chi connectivity index (χ4n) is 2.42. The molecule has 1 aromatic rings. The van der Waals surface area contributed by atoms with Crippen LogP contribution in [0.25, 0.3) is 6.08 Å². The average molecular weight is 293 g/mol. The van der Waals surface area contributed by atoms with Gasteiger partial charge in [-0.3, -0.25) is 4.79 Å². The molecule has 1 amide bonds. The average Bonchev–Trinajstić information content (AvgIpc) is 2.87. The van der Waals surface area contributed by atoms with Crippen molar-refractivity contribution in [3.8, 4) is 0 Å². The number of hydrogen-bond acceptors (Lipinski definition) is 3. The number of hydrogen-bond donors (Lipinski definition) is 1. The molecule has 2 rings (SSSR count). The SMILES string of the molecule is CC1CCC(C)N(C(=O)c2ccc(C=CC(=O)O)s2)C1. The van der Waals surface area contributed by atoms with E-state index >= 15 is 0 Å². The van der Waals surface area contributed by atoms with Crippen molar-refractivity contribution < 1.29 is 14.7 Å². The van der Waals surface area contributed by atoms with Gasteiger partial charge in [0.25, 0.3) is 5.91 Å². The van der Waals surface area contributed by atoms with Crippen molar-refractivity contribution in [2.24, 2.45) is 5.92 Å². The molecule has 5 heteroatoms. The van der Waals surface area contributed by atoms with Gasteiger partial charge in [-0.2, -0.15) is 0 Å². The summed E-state index contributed by atoms with van der Waals surface area (Å²) in [6.07, 6.45) is 4.82. The number of thiophene rings is 1. The Morgan fingerprint density at radius 3 is 2.80 bits per heavy atom. The van der Waals surface area contributed by atoms with Crippen LogP contribution in [0.5, 0.6) is 0 Å². The van der Waals surface area contributed by atoms with Crippen LogP contribution >= 0.6 is 11.3 Å². The standard InChI is InChI=1S/C15H19NO3S/c1-10-3-4-11(2)16(9-10)15(19)13-7-5-12(20-13)6-8-14(17)18/h5-8,10-11H,3-4,9H2,1-2H3,(H,17,18). The van der Waals surface area contributed by atoms with Crippen LogP contribution in [0.2, 0.25) is 0 Å². The Morgan fingerprint density at radius 2 is 2.10 bits per heavy atom. The van der Waals surface area contributed by atoms with E-state index in [1.54, 1.807) is 12.1 Å². The van der Waals surface area contributed by atoms with Crippen LogP contribution in [0.3, 0.4) is 0 Å². The molecule has 0 aromatic carbocycles. The first-order valence-corrected chi connectivity index (χ1v) is 7.61. The van der Waals surface area contributed by atoms with Gasteiger partial charge in [0.1, 0.15) is 0 Å². The van der Waals surface area contributed by atoms with Crippen LogP contribution in [-0.2, 0) is 4.79 Å². The van der Waals surface area contributed by atoms with Crippen molar-refractivity contribution in [3.63, 3.8) is 0 Å². The third-order valence-corrected chi connectivity index (χ3v) is 4.64. The van der Waals surface area contributed by atoms with Gasteiger partial charge in [-0.05, 0) is 43.9 Å². The van der Waals surface area contributed by atoms with Crippen LogP contribution in [0.1, 0.15) is 41.2 Å². The van der Waals surface area contributed by atoms with Gasteiger partial charge in [-0.15, -0.1) is 11.3 Å². The summed E-state index contributed by atoms with van der Waals surface area (Å²) in [6.45, 7) is 5.06. The van der Waals surface area contributed by atoms with Crippen LogP contribution in [0.15, 0.2) is 18.2 Å². The van der Waals surface area contributed by atoms with E-state index < -0.39 is 5.97 Å². The summed E-state index contributed by atoms with van der Waals surface area (Å²) in [5.41, 5.74) is 0. The zero-order valence-corrected chi connectivity index (χ0v) is 12.5. The minimum Gasteiger partial charge on any atom is -0.478 e. The van der Waals surface area contributed by atoms with Crippen molar-refractivity contribution in [3.05, 3.63) is 28.0 Å². The lowest BCUT2D eigenvalue weighted by Crippen LogP contribution is -2.44. The second-order valence-electron chi connectivity index (χ2n) is 5.36. The van der Waals surface area contributed by atoms with E-state index in [0.717, 1.165) is 23.9 Å². The minimum absolute atomic E-state index is 0.0593. The Bertz CT molecular complexity index is 535. The molecule has 0 bridgehead atoms. The molecule has 2 heterocycles. The number of nitrogens with zero attached hydrogens (tertiary/aromatic N) is 1. The lowest BCUT2D eigenvalue weighted by Gasteiger charge is -2.36. The molecule has 1 N–H and O–H groups in total. The maximum atomic E-state index is 12.5. The Hall–Kier alpha value is -1.62.